The SMILES string of the molecule is Nc1ccc(C(=O)Nc2ccc(/N=N/c3ccc(S(=O)(=O)O)cc3)cc2OCCO)cc1. The van der Waals surface area contributed by atoms with Gasteiger partial charge in [0.25, 0.3) is 16.0 Å². The van der Waals surface area contributed by atoms with Crippen LogP contribution >= 0.6 is 0 Å². The average Bonchev–Trinajstić information content (AvgIpc) is 2.77. The van der Waals surface area contributed by atoms with Crippen LogP contribution in [-0.2, 0) is 10.1 Å². The van der Waals surface area contributed by atoms with Gasteiger partial charge in [-0.25, -0.2) is 0 Å². The lowest BCUT2D eigenvalue weighted by Crippen LogP contribution is -2.13. The lowest BCUT2D eigenvalue weighted by molar-refractivity contribution is 0.102. The summed E-state index contributed by atoms with van der Waals surface area (Å²) in [7, 11) is -4.29. The Morgan fingerprint density at radius 3 is 2.22 bits per heavy atom. The molecular weight excluding hydrogens is 436 g/mol. The number of amides is 1. The van der Waals surface area contributed by atoms with Gasteiger partial charge in [-0.1, -0.05) is 0 Å². The number of carbonyl (C=O) groups excluding carboxylic acids is 1. The van der Waals surface area contributed by atoms with Crippen LogP contribution in [0.2, 0.25) is 0 Å². The third-order valence-electron chi connectivity index (χ3n) is 4.15. The predicted molar refractivity (Wildman–Crippen MR) is 118 cm³/mol. The van der Waals surface area contributed by atoms with Crippen molar-refractivity contribution in [1.82, 2.24) is 0 Å². The molecule has 0 aliphatic carbocycles. The Kier molecular flexibility index (Phi) is 7.15. The molecule has 0 heterocycles. The number of benzene rings is 3. The summed E-state index contributed by atoms with van der Waals surface area (Å²) in [5.74, 6) is -0.0897. The molecule has 0 spiro atoms. The quantitative estimate of drug-likeness (QED) is 0.229. The number of nitrogen functional groups attached to an aromatic ring is 1. The van der Waals surface area contributed by atoms with Crippen LogP contribution in [0.15, 0.2) is 81.9 Å². The van der Waals surface area contributed by atoms with Crippen molar-refractivity contribution >= 4 is 38.8 Å². The van der Waals surface area contributed by atoms with Crippen LogP contribution in [-0.4, -0.2) is 37.2 Å². The van der Waals surface area contributed by atoms with Gasteiger partial charge in [-0.15, -0.1) is 0 Å². The molecule has 0 saturated heterocycles. The van der Waals surface area contributed by atoms with Gasteiger partial charge in [-0.05, 0) is 60.7 Å². The third-order valence-corrected chi connectivity index (χ3v) is 5.02. The summed E-state index contributed by atoms with van der Waals surface area (Å²) in [4.78, 5) is 12.2. The van der Waals surface area contributed by atoms with Gasteiger partial charge >= 0.3 is 0 Å². The second-order valence-corrected chi connectivity index (χ2v) is 7.92. The monoisotopic (exact) mass is 456 g/mol. The summed E-state index contributed by atoms with van der Waals surface area (Å²) in [6.07, 6.45) is 0. The Balaban J connectivity index is 1.80. The van der Waals surface area contributed by atoms with Gasteiger partial charge in [0.05, 0.1) is 28.6 Å². The van der Waals surface area contributed by atoms with Gasteiger partial charge in [-0.3, -0.25) is 9.35 Å². The number of ether oxygens (including phenoxy) is 1. The minimum absolute atomic E-state index is 0.00241. The summed E-state index contributed by atoms with van der Waals surface area (Å²) in [5.41, 5.74) is 7.70. The molecule has 32 heavy (non-hydrogen) atoms. The van der Waals surface area contributed by atoms with Crippen LogP contribution < -0.4 is 15.8 Å². The fourth-order valence-corrected chi connectivity index (χ4v) is 3.06. The molecule has 10 nitrogen and oxygen atoms in total. The molecule has 3 aromatic rings. The Bertz CT molecular complexity index is 1230. The molecule has 0 aromatic heterocycles. The van der Waals surface area contributed by atoms with Crippen molar-refractivity contribution in [3.8, 4) is 5.75 Å². The van der Waals surface area contributed by atoms with E-state index < -0.39 is 10.1 Å². The molecule has 166 valence electrons. The summed E-state index contributed by atoms with van der Waals surface area (Å²) in [6, 6.07) is 16.3. The highest BCUT2D eigenvalue weighted by Gasteiger charge is 2.12. The molecule has 0 fully saturated rings. The number of hydrogen-bond donors (Lipinski definition) is 4. The second kappa shape index (κ2) is 10.0. The van der Waals surface area contributed by atoms with Crippen LogP contribution in [0.1, 0.15) is 10.4 Å². The number of hydrogen-bond acceptors (Lipinski definition) is 8. The van der Waals surface area contributed by atoms with E-state index in [4.69, 9.17) is 20.1 Å². The molecule has 3 aromatic carbocycles. The topological polar surface area (TPSA) is 164 Å². The number of azo groups is 1. The zero-order valence-corrected chi connectivity index (χ0v) is 17.5. The van der Waals surface area contributed by atoms with E-state index in [0.717, 1.165) is 0 Å². The van der Waals surface area contributed by atoms with Gasteiger partial charge in [0, 0.05) is 17.3 Å². The van der Waals surface area contributed by atoms with Gasteiger partial charge < -0.3 is 20.9 Å². The number of nitrogens with one attached hydrogen (secondary N) is 1. The summed E-state index contributed by atoms with van der Waals surface area (Å²) < 4.78 is 36.7. The third kappa shape index (κ3) is 6.11. The maximum absolute atomic E-state index is 12.5. The van der Waals surface area contributed by atoms with E-state index in [0.29, 0.717) is 28.3 Å². The number of nitrogens with two attached hydrogens (primary N) is 1. The molecule has 0 aliphatic heterocycles. The van der Waals surface area contributed by atoms with Crippen molar-refractivity contribution in [3.63, 3.8) is 0 Å². The molecular formula is C21H20N4O6S. The molecule has 0 radical (unpaired) electrons. The first-order chi connectivity index (χ1) is 15.3. The number of anilines is 2. The van der Waals surface area contributed by atoms with Gasteiger partial charge in [0.15, 0.2) is 0 Å². The van der Waals surface area contributed by atoms with E-state index in [1.54, 1.807) is 36.4 Å². The van der Waals surface area contributed by atoms with Crippen LogP contribution in [0.5, 0.6) is 5.75 Å². The normalized spacial score (nSPS) is 11.4. The first-order valence-corrected chi connectivity index (χ1v) is 10.7. The van der Waals surface area contributed by atoms with Gasteiger partial charge in [0.1, 0.15) is 12.4 Å². The molecule has 0 unspecified atom stereocenters. The standard InChI is InChI=1S/C21H20N4O6S/c22-15-3-1-14(2-4-15)21(27)23-19-10-7-17(13-20(19)31-12-11-26)25-24-16-5-8-18(9-6-16)32(28,29)30/h1-10,13,26H,11-12,22H2,(H,23,27)(H,28,29,30)/b25-24+. The van der Waals surface area contributed by atoms with Crippen molar-refractivity contribution in [2.45, 2.75) is 4.90 Å². The first kappa shape index (κ1) is 22.9. The molecule has 0 aliphatic rings. The van der Waals surface area contributed by atoms with Crippen LogP contribution in [0.4, 0.5) is 22.7 Å². The Morgan fingerprint density at radius 2 is 1.59 bits per heavy atom. The Hall–Kier alpha value is -3.80. The molecule has 0 atom stereocenters. The van der Waals surface area contributed by atoms with Crippen LogP contribution in [0, 0.1) is 0 Å². The maximum atomic E-state index is 12.5. The molecule has 3 rings (SSSR count). The van der Waals surface area contributed by atoms with Crippen molar-refractivity contribution in [2.24, 2.45) is 10.2 Å². The minimum Gasteiger partial charge on any atom is -0.489 e. The molecule has 11 heteroatoms. The number of carbonyl (C=O) groups is 1. The van der Waals surface area contributed by atoms with E-state index in [2.05, 4.69) is 15.5 Å². The number of aliphatic hydroxyl groups excluding tert-OH is 1. The summed E-state index contributed by atoms with van der Waals surface area (Å²) in [5, 5.41) is 19.9. The molecule has 0 bridgehead atoms. The minimum atomic E-state index is -4.29. The summed E-state index contributed by atoms with van der Waals surface area (Å²) >= 11 is 0. The zero-order valence-electron chi connectivity index (χ0n) is 16.7. The number of aliphatic hydroxyl groups is 1. The lowest BCUT2D eigenvalue weighted by atomic mass is 10.2. The van der Waals surface area contributed by atoms with Crippen molar-refractivity contribution in [1.29, 1.82) is 0 Å². The van der Waals surface area contributed by atoms with E-state index in [1.165, 1.54) is 30.3 Å². The van der Waals surface area contributed by atoms with E-state index in [9.17, 15) is 13.2 Å². The highest BCUT2D eigenvalue weighted by atomic mass is 32.2. The average molecular weight is 456 g/mol. The smallest absolute Gasteiger partial charge is 0.294 e. The van der Waals surface area contributed by atoms with Crippen molar-refractivity contribution in [2.75, 3.05) is 24.3 Å². The van der Waals surface area contributed by atoms with E-state index in [-0.39, 0.29) is 29.8 Å². The highest BCUT2D eigenvalue weighted by Crippen LogP contribution is 2.31. The van der Waals surface area contributed by atoms with E-state index in [1.807, 2.05) is 0 Å². The maximum Gasteiger partial charge on any atom is 0.294 e. The zero-order chi connectivity index (χ0) is 23.1. The van der Waals surface area contributed by atoms with Crippen LogP contribution in [0.25, 0.3) is 0 Å². The fraction of sp³-hybridized carbons (Fsp3) is 0.0952. The van der Waals surface area contributed by atoms with Gasteiger partial charge in [0.2, 0.25) is 0 Å². The fourth-order valence-electron chi connectivity index (χ4n) is 2.58. The molecule has 1 amide bonds. The van der Waals surface area contributed by atoms with E-state index >= 15 is 0 Å². The van der Waals surface area contributed by atoms with Crippen molar-refractivity contribution in [3.05, 3.63) is 72.3 Å². The Morgan fingerprint density at radius 1 is 0.969 bits per heavy atom. The van der Waals surface area contributed by atoms with Crippen LogP contribution in [0.3, 0.4) is 0 Å². The number of nitrogens with zero attached hydrogens (tertiary/aromatic N) is 2. The number of rotatable bonds is 8. The highest BCUT2D eigenvalue weighted by molar-refractivity contribution is 7.85. The molecule has 0 saturated carbocycles. The summed E-state index contributed by atoms with van der Waals surface area (Å²) in [6.45, 7) is -0.223. The second-order valence-electron chi connectivity index (χ2n) is 6.50. The lowest BCUT2D eigenvalue weighted by Gasteiger charge is -2.12. The molecule has 5 N–H and O–H groups in total. The largest absolute Gasteiger partial charge is 0.489 e. The first-order valence-electron chi connectivity index (χ1n) is 9.30. The Labute approximate surface area is 184 Å². The van der Waals surface area contributed by atoms with Crippen molar-refractivity contribution < 1.29 is 27.6 Å². The predicted octanol–water partition coefficient (Wildman–Crippen LogP) is 3.55. The van der Waals surface area contributed by atoms with Gasteiger partial charge in [-0.2, -0.15) is 18.6 Å².